The highest BCUT2D eigenvalue weighted by molar-refractivity contribution is 7.92. The van der Waals surface area contributed by atoms with Gasteiger partial charge in [0.2, 0.25) is 0 Å². The molecule has 0 fully saturated rings. The number of aryl methyl sites for hydroxylation is 1. The summed E-state index contributed by atoms with van der Waals surface area (Å²) in [5.41, 5.74) is 5.79. The Morgan fingerprint density at radius 2 is 1.94 bits per heavy atom. The number of anilines is 2. The molecule has 0 radical (unpaired) electrons. The van der Waals surface area contributed by atoms with Crippen LogP contribution in [-0.2, 0) is 17.1 Å². The van der Waals surface area contributed by atoms with Crippen molar-refractivity contribution in [2.24, 2.45) is 7.05 Å². The Kier molecular flexibility index (Phi) is 2.95. The lowest BCUT2D eigenvalue weighted by atomic mass is 10.4. The second-order valence-electron chi connectivity index (χ2n) is 3.63. The summed E-state index contributed by atoms with van der Waals surface area (Å²) in [5, 5.41) is 3.81. The number of nitrogens with zero attached hydrogens (tertiary/aromatic N) is 2. The maximum absolute atomic E-state index is 12.7. The molecule has 18 heavy (non-hydrogen) atoms. The van der Waals surface area contributed by atoms with Crippen LogP contribution in [0.2, 0.25) is 0 Å². The van der Waals surface area contributed by atoms with E-state index in [-0.39, 0.29) is 16.4 Å². The normalized spacial score (nSPS) is 11.4. The average molecular weight is 270 g/mol. The van der Waals surface area contributed by atoms with Crippen LogP contribution in [0, 0.1) is 5.82 Å². The molecule has 2 aromatic rings. The Labute approximate surface area is 103 Å². The van der Waals surface area contributed by atoms with Gasteiger partial charge in [0.25, 0.3) is 10.0 Å². The van der Waals surface area contributed by atoms with Crippen LogP contribution >= 0.6 is 0 Å². The molecule has 8 heteroatoms. The van der Waals surface area contributed by atoms with Crippen molar-refractivity contribution in [1.29, 1.82) is 0 Å². The Morgan fingerprint density at radius 3 is 2.44 bits per heavy atom. The van der Waals surface area contributed by atoms with Crippen LogP contribution in [0.15, 0.2) is 35.4 Å². The lowest BCUT2D eigenvalue weighted by Crippen LogP contribution is -2.16. The maximum Gasteiger partial charge on any atom is 0.263 e. The van der Waals surface area contributed by atoms with Crippen molar-refractivity contribution in [2.75, 3.05) is 10.5 Å². The van der Waals surface area contributed by atoms with E-state index < -0.39 is 15.8 Å². The number of halogens is 1. The number of hydrogen-bond donors (Lipinski definition) is 2. The minimum atomic E-state index is -3.80. The average Bonchev–Trinajstić information content (AvgIpc) is 2.61. The third-order valence-corrected chi connectivity index (χ3v) is 3.68. The first kappa shape index (κ1) is 12.4. The summed E-state index contributed by atoms with van der Waals surface area (Å²) < 4.78 is 40.3. The van der Waals surface area contributed by atoms with Crippen molar-refractivity contribution < 1.29 is 12.8 Å². The summed E-state index contributed by atoms with van der Waals surface area (Å²) >= 11 is 0. The van der Waals surface area contributed by atoms with E-state index in [0.29, 0.717) is 0 Å². The van der Waals surface area contributed by atoms with Crippen molar-refractivity contribution >= 4 is 21.5 Å². The van der Waals surface area contributed by atoms with E-state index in [1.165, 1.54) is 23.0 Å². The molecule has 1 heterocycles. The molecule has 96 valence electrons. The van der Waals surface area contributed by atoms with Gasteiger partial charge in [-0.2, -0.15) is 5.10 Å². The molecule has 0 amide bonds. The van der Waals surface area contributed by atoms with Gasteiger partial charge < -0.3 is 5.73 Å². The highest BCUT2D eigenvalue weighted by Gasteiger charge is 2.17. The third kappa shape index (κ3) is 2.28. The number of sulfonamides is 1. The van der Waals surface area contributed by atoms with E-state index in [9.17, 15) is 12.8 Å². The molecule has 0 saturated heterocycles. The Bertz CT molecular complexity index is 644. The zero-order valence-electron chi connectivity index (χ0n) is 9.46. The standard InChI is InChI=1S/C10H11FN4O2S/c1-15-10(9(12)6-13-15)14-18(16,17)8-4-2-7(11)3-5-8/h2-6,14H,12H2,1H3. The van der Waals surface area contributed by atoms with Crippen LogP contribution in [0.1, 0.15) is 0 Å². The van der Waals surface area contributed by atoms with Crippen molar-refractivity contribution in [3.05, 3.63) is 36.3 Å². The Hall–Kier alpha value is -2.09. The molecule has 0 spiro atoms. The van der Waals surface area contributed by atoms with Crippen molar-refractivity contribution in [1.82, 2.24) is 9.78 Å². The van der Waals surface area contributed by atoms with Crippen LogP contribution < -0.4 is 10.5 Å². The van der Waals surface area contributed by atoms with E-state index in [1.54, 1.807) is 7.05 Å². The van der Waals surface area contributed by atoms with E-state index in [0.717, 1.165) is 12.1 Å². The second kappa shape index (κ2) is 4.30. The second-order valence-corrected chi connectivity index (χ2v) is 5.31. The first-order chi connectivity index (χ1) is 8.40. The van der Waals surface area contributed by atoms with Crippen LogP contribution in [0.25, 0.3) is 0 Å². The van der Waals surface area contributed by atoms with E-state index >= 15 is 0 Å². The first-order valence-electron chi connectivity index (χ1n) is 4.96. The highest BCUT2D eigenvalue weighted by Crippen LogP contribution is 2.20. The summed E-state index contributed by atoms with van der Waals surface area (Å²) in [4.78, 5) is -0.0514. The number of aromatic nitrogens is 2. The van der Waals surface area contributed by atoms with Crippen LogP contribution in [0.3, 0.4) is 0 Å². The summed E-state index contributed by atoms with van der Waals surface area (Å²) in [6.07, 6.45) is 1.34. The van der Waals surface area contributed by atoms with Gasteiger partial charge in [-0.15, -0.1) is 0 Å². The molecule has 1 aromatic heterocycles. The lowest BCUT2D eigenvalue weighted by molar-refractivity contribution is 0.599. The number of rotatable bonds is 3. The number of benzene rings is 1. The SMILES string of the molecule is Cn1ncc(N)c1NS(=O)(=O)c1ccc(F)cc1. The summed E-state index contributed by atoms with van der Waals surface area (Å²) in [6.45, 7) is 0. The van der Waals surface area contributed by atoms with Crippen LogP contribution in [0.4, 0.5) is 15.9 Å². The fourth-order valence-electron chi connectivity index (χ4n) is 1.38. The largest absolute Gasteiger partial charge is 0.394 e. The summed E-state index contributed by atoms with van der Waals surface area (Å²) in [5.74, 6) is -0.340. The van der Waals surface area contributed by atoms with Gasteiger partial charge >= 0.3 is 0 Å². The zero-order valence-corrected chi connectivity index (χ0v) is 10.3. The van der Waals surface area contributed by atoms with Crippen LogP contribution in [0.5, 0.6) is 0 Å². The molecule has 6 nitrogen and oxygen atoms in total. The van der Waals surface area contributed by atoms with Crippen LogP contribution in [-0.4, -0.2) is 18.2 Å². The Balaban J connectivity index is 2.36. The monoisotopic (exact) mass is 270 g/mol. The molecule has 1 aromatic carbocycles. The van der Waals surface area contributed by atoms with Gasteiger partial charge in [-0.3, -0.25) is 9.40 Å². The molecule has 3 N–H and O–H groups in total. The number of nitrogens with two attached hydrogens (primary N) is 1. The van der Waals surface area contributed by atoms with Gasteiger partial charge in [-0.25, -0.2) is 12.8 Å². The third-order valence-electron chi connectivity index (χ3n) is 2.32. The molecule has 2 rings (SSSR count). The first-order valence-corrected chi connectivity index (χ1v) is 6.44. The zero-order chi connectivity index (χ0) is 13.3. The molecule has 0 bridgehead atoms. The molecule has 0 aliphatic carbocycles. The quantitative estimate of drug-likeness (QED) is 0.868. The molecular weight excluding hydrogens is 259 g/mol. The number of nitrogens with one attached hydrogen (secondary N) is 1. The van der Waals surface area contributed by atoms with Gasteiger partial charge in [0.1, 0.15) is 5.82 Å². The molecule has 0 atom stereocenters. The molecule has 0 aliphatic heterocycles. The summed E-state index contributed by atoms with van der Waals surface area (Å²) in [6, 6.07) is 4.48. The molecule has 0 aliphatic rings. The fourth-order valence-corrected chi connectivity index (χ4v) is 2.50. The maximum atomic E-state index is 12.7. The minimum absolute atomic E-state index is 0.0514. The smallest absolute Gasteiger partial charge is 0.263 e. The van der Waals surface area contributed by atoms with Gasteiger partial charge in [-0.05, 0) is 24.3 Å². The van der Waals surface area contributed by atoms with Gasteiger partial charge in [-0.1, -0.05) is 0 Å². The predicted molar refractivity (Wildman–Crippen MR) is 64.8 cm³/mol. The van der Waals surface area contributed by atoms with E-state index in [2.05, 4.69) is 9.82 Å². The minimum Gasteiger partial charge on any atom is -0.394 e. The molecule has 0 saturated carbocycles. The topological polar surface area (TPSA) is 90.0 Å². The molecule has 0 unspecified atom stereocenters. The number of nitrogen functional groups attached to an aromatic ring is 1. The predicted octanol–water partition coefficient (Wildman–Crippen LogP) is 0.942. The van der Waals surface area contributed by atoms with E-state index in [1.807, 2.05) is 0 Å². The number of hydrogen-bond acceptors (Lipinski definition) is 4. The fraction of sp³-hybridized carbons (Fsp3) is 0.100. The van der Waals surface area contributed by atoms with Gasteiger partial charge in [0, 0.05) is 7.05 Å². The van der Waals surface area contributed by atoms with Gasteiger partial charge in [0.05, 0.1) is 16.8 Å². The van der Waals surface area contributed by atoms with Crippen molar-refractivity contribution in [2.45, 2.75) is 4.90 Å². The van der Waals surface area contributed by atoms with Gasteiger partial charge in [0.15, 0.2) is 5.82 Å². The summed E-state index contributed by atoms with van der Waals surface area (Å²) in [7, 11) is -2.25. The highest BCUT2D eigenvalue weighted by atomic mass is 32.2. The van der Waals surface area contributed by atoms with Crippen molar-refractivity contribution in [3.8, 4) is 0 Å². The van der Waals surface area contributed by atoms with Crippen molar-refractivity contribution in [3.63, 3.8) is 0 Å². The van der Waals surface area contributed by atoms with E-state index in [4.69, 9.17) is 5.73 Å². The molecular formula is C10H11FN4O2S. The Morgan fingerprint density at radius 1 is 1.33 bits per heavy atom. The lowest BCUT2D eigenvalue weighted by Gasteiger charge is -2.08.